The predicted molar refractivity (Wildman–Crippen MR) is 113 cm³/mol. The maximum atomic E-state index is 9.99. The van der Waals surface area contributed by atoms with Crippen molar-refractivity contribution in [1.29, 1.82) is 0 Å². The summed E-state index contributed by atoms with van der Waals surface area (Å²) in [7, 11) is 1.54. The fraction of sp³-hybridized carbons (Fsp3) is 0.571. The number of hydrogen-bond acceptors (Lipinski definition) is 7. The minimum absolute atomic E-state index is 0.183. The van der Waals surface area contributed by atoms with Crippen molar-refractivity contribution >= 4 is 17.4 Å². The highest BCUT2D eigenvalue weighted by Gasteiger charge is 2.43. The van der Waals surface area contributed by atoms with Gasteiger partial charge in [-0.15, -0.1) is 0 Å². The van der Waals surface area contributed by atoms with E-state index in [2.05, 4.69) is 9.88 Å². The lowest BCUT2D eigenvalue weighted by Gasteiger charge is -2.42. The minimum atomic E-state index is -0.183. The maximum Gasteiger partial charge on any atom is 0.214 e. The van der Waals surface area contributed by atoms with Gasteiger partial charge in [0.25, 0.3) is 0 Å². The summed E-state index contributed by atoms with van der Waals surface area (Å²) in [6, 6.07) is 3.86. The topological polar surface area (TPSA) is 97.4 Å². The van der Waals surface area contributed by atoms with Crippen LogP contribution in [-0.2, 0) is 6.61 Å². The quantitative estimate of drug-likeness (QED) is 0.737. The zero-order chi connectivity index (χ0) is 20.6. The Morgan fingerprint density at radius 1 is 1.24 bits per heavy atom. The number of anilines is 1. The molecule has 7 nitrogen and oxygen atoms in total. The molecule has 0 amide bonds. The van der Waals surface area contributed by atoms with Crippen molar-refractivity contribution in [1.82, 2.24) is 15.0 Å². The van der Waals surface area contributed by atoms with Crippen LogP contribution >= 0.6 is 11.6 Å². The van der Waals surface area contributed by atoms with E-state index in [0.717, 1.165) is 43.9 Å². The second-order valence-electron chi connectivity index (χ2n) is 8.13. The van der Waals surface area contributed by atoms with Crippen molar-refractivity contribution in [2.75, 3.05) is 25.1 Å². The lowest BCUT2D eigenvalue weighted by Crippen LogP contribution is -2.47. The number of ether oxygens (including phenoxy) is 1. The molecule has 8 heteroatoms. The average Bonchev–Trinajstić information content (AvgIpc) is 3.08. The number of nitrogens with two attached hydrogens (primary N) is 1. The molecule has 0 unspecified atom stereocenters. The summed E-state index contributed by atoms with van der Waals surface area (Å²) in [5.74, 6) is 1.20. The molecule has 4 rings (SSSR count). The molecule has 2 aromatic heterocycles. The highest BCUT2D eigenvalue weighted by atomic mass is 35.5. The summed E-state index contributed by atoms with van der Waals surface area (Å²) in [5, 5.41) is 10.3. The lowest BCUT2D eigenvalue weighted by molar-refractivity contribution is 0.196. The zero-order valence-corrected chi connectivity index (χ0v) is 17.7. The van der Waals surface area contributed by atoms with Crippen molar-refractivity contribution in [2.45, 2.75) is 51.7 Å². The molecule has 29 heavy (non-hydrogen) atoms. The highest BCUT2D eigenvalue weighted by Crippen LogP contribution is 2.46. The van der Waals surface area contributed by atoms with Crippen LogP contribution in [0.5, 0.6) is 5.88 Å². The number of aliphatic hydroxyl groups excluding tert-OH is 1. The van der Waals surface area contributed by atoms with Crippen molar-refractivity contribution in [2.24, 2.45) is 11.1 Å². The molecule has 3 N–H and O–H groups in total. The number of aryl methyl sites for hydroxylation is 1. The summed E-state index contributed by atoms with van der Waals surface area (Å²) < 4.78 is 5.12. The van der Waals surface area contributed by atoms with E-state index in [0.29, 0.717) is 34.0 Å². The molecule has 1 saturated carbocycles. The van der Waals surface area contributed by atoms with Crippen molar-refractivity contribution in [3.8, 4) is 17.1 Å². The number of piperidine rings is 1. The van der Waals surface area contributed by atoms with Gasteiger partial charge in [0.1, 0.15) is 10.8 Å². The standard InChI is InChI=1S/C21H28ClN5O2/c1-13-18(14-5-6-17(29-2)26-19(14)22)25-15(12-28)20(24-13)27-10-8-21(9-11-27)7-3-4-16(21)23/h5-6,16,28H,3-4,7-12,23H2,1-2H3/t16-/m1/s1. The lowest BCUT2D eigenvalue weighted by atomic mass is 9.74. The van der Waals surface area contributed by atoms with Crippen LogP contribution in [0.25, 0.3) is 11.3 Å². The van der Waals surface area contributed by atoms with Crippen LogP contribution in [0.4, 0.5) is 5.82 Å². The van der Waals surface area contributed by atoms with Gasteiger partial charge in [-0.25, -0.2) is 15.0 Å². The van der Waals surface area contributed by atoms with E-state index in [-0.39, 0.29) is 12.0 Å². The first-order valence-corrected chi connectivity index (χ1v) is 10.5. The monoisotopic (exact) mass is 417 g/mol. The van der Waals surface area contributed by atoms with Crippen LogP contribution in [0, 0.1) is 12.3 Å². The third kappa shape index (κ3) is 3.67. The van der Waals surface area contributed by atoms with Crippen LogP contribution < -0.4 is 15.4 Å². The van der Waals surface area contributed by atoms with Gasteiger partial charge in [0.05, 0.1) is 25.1 Å². The number of nitrogens with zero attached hydrogens (tertiary/aromatic N) is 4. The van der Waals surface area contributed by atoms with Gasteiger partial charge in [-0.3, -0.25) is 0 Å². The van der Waals surface area contributed by atoms with Gasteiger partial charge >= 0.3 is 0 Å². The molecule has 1 spiro atoms. The molecular formula is C21H28ClN5O2. The summed E-state index contributed by atoms with van der Waals surface area (Å²) in [4.78, 5) is 16.0. The molecule has 3 heterocycles. The number of aromatic nitrogens is 3. The number of halogens is 1. The predicted octanol–water partition coefficient (Wildman–Crippen LogP) is 3.10. The van der Waals surface area contributed by atoms with Gasteiger partial charge in [-0.1, -0.05) is 18.0 Å². The summed E-state index contributed by atoms with van der Waals surface area (Å²) in [6.07, 6.45) is 5.71. The Bertz CT molecular complexity index is 899. The van der Waals surface area contributed by atoms with Gasteiger partial charge in [-0.05, 0) is 44.1 Å². The van der Waals surface area contributed by atoms with E-state index in [1.54, 1.807) is 13.2 Å². The third-order valence-corrected chi connectivity index (χ3v) is 6.88. The zero-order valence-electron chi connectivity index (χ0n) is 17.0. The van der Waals surface area contributed by atoms with Crippen LogP contribution in [0.15, 0.2) is 12.1 Å². The Morgan fingerprint density at radius 2 is 2.00 bits per heavy atom. The minimum Gasteiger partial charge on any atom is -0.481 e. The number of pyridine rings is 1. The second-order valence-corrected chi connectivity index (χ2v) is 8.48. The highest BCUT2D eigenvalue weighted by molar-refractivity contribution is 6.32. The first-order valence-electron chi connectivity index (χ1n) is 10.2. The first kappa shape index (κ1) is 20.3. The summed E-state index contributed by atoms with van der Waals surface area (Å²) in [6.45, 7) is 3.50. The molecule has 0 radical (unpaired) electrons. The third-order valence-electron chi connectivity index (χ3n) is 6.59. The maximum absolute atomic E-state index is 9.99. The molecular weight excluding hydrogens is 390 g/mol. The van der Waals surface area contributed by atoms with E-state index in [4.69, 9.17) is 32.0 Å². The average molecular weight is 418 g/mol. The number of aliphatic hydroxyl groups is 1. The SMILES string of the molecule is COc1ccc(-c2nc(CO)c(N3CCC4(CCC[C@H]4N)CC3)nc2C)c(Cl)n1. The van der Waals surface area contributed by atoms with Crippen LogP contribution in [0.3, 0.4) is 0 Å². The Balaban J connectivity index is 1.62. The molecule has 1 aliphatic carbocycles. The van der Waals surface area contributed by atoms with Crippen molar-refractivity contribution in [3.63, 3.8) is 0 Å². The van der Waals surface area contributed by atoms with E-state index in [9.17, 15) is 5.11 Å². The van der Waals surface area contributed by atoms with Crippen molar-refractivity contribution in [3.05, 3.63) is 28.7 Å². The molecule has 2 aliphatic rings. The molecule has 2 fully saturated rings. The van der Waals surface area contributed by atoms with Gasteiger partial charge in [-0.2, -0.15) is 0 Å². The van der Waals surface area contributed by atoms with E-state index >= 15 is 0 Å². The Hall–Kier alpha value is -1.96. The molecule has 2 aromatic rings. The van der Waals surface area contributed by atoms with E-state index in [1.807, 2.05) is 13.0 Å². The molecule has 1 aliphatic heterocycles. The van der Waals surface area contributed by atoms with Gasteiger partial charge < -0.3 is 20.5 Å². The van der Waals surface area contributed by atoms with Crippen molar-refractivity contribution < 1.29 is 9.84 Å². The fourth-order valence-corrected chi connectivity index (χ4v) is 5.05. The Labute approximate surface area is 176 Å². The molecule has 1 atom stereocenters. The van der Waals surface area contributed by atoms with Gasteiger partial charge in [0.15, 0.2) is 5.82 Å². The van der Waals surface area contributed by atoms with Crippen LogP contribution in [0.2, 0.25) is 5.15 Å². The molecule has 0 aromatic carbocycles. The van der Waals surface area contributed by atoms with Gasteiger partial charge in [0.2, 0.25) is 5.88 Å². The largest absolute Gasteiger partial charge is 0.481 e. The molecule has 0 bridgehead atoms. The van der Waals surface area contributed by atoms with E-state index in [1.165, 1.54) is 12.8 Å². The van der Waals surface area contributed by atoms with Crippen LogP contribution in [-0.4, -0.2) is 46.3 Å². The Kier molecular flexibility index (Phi) is 5.64. The first-order chi connectivity index (χ1) is 14.0. The van der Waals surface area contributed by atoms with E-state index < -0.39 is 0 Å². The van der Waals surface area contributed by atoms with Gasteiger partial charge in [0, 0.05) is 30.8 Å². The second kappa shape index (κ2) is 8.05. The number of hydrogen-bond donors (Lipinski definition) is 2. The smallest absolute Gasteiger partial charge is 0.214 e. The van der Waals surface area contributed by atoms with Crippen LogP contribution in [0.1, 0.15) is 43.5 Å². The summed E-state index contributed by atoms with van der Waals surface area (Å²) >= 11 is 6.34. The number of rotatable bonds is 4. The normalized spacial score (nSPS) is 21.0. The number of methoxy groups -OCH3 is 1. The Morgan fingerprint density at radius 3 is 2.59 bits per heavy atom. The molecule has 1 saturated heterocycles. The fourth-order valence-electron chi connectivity index (χ4n) is 4.81. The molecule has 156 valence electrons. The summed E-state index contributed by atoms with van der Waals surface area (Å²) in [5.41, 5.74) is 9.31.